The van der Waals surface area contributed by atoms with Gasteiger partial charge in [-0.3, -0.25) is 4.79 Å². The van der Waals surface area contributed by atoms with Gasteiger partial charge in [0, 0.05) is 35.9 Å². The van der Waals surface area contributed by atoms with Crippen molar-refractivity contribution in [2.24, 2.45) is 23.7 Å². The van der Waals surface area contributed by atoms with Crippen LogP contribution in [0, 0.1) is 23.7 Å². The summed E-state index contributed by atoms with van der Waals surface area (Å²) in [6.07, 6.45) is 9.11. The van der Waals surface area contributed by atoms with Crippen LogP contribution in [0.2, 0.25) is 0 Å². The Bertz CT molecular complexity index is 1100. The number of fused-ring (bicyclic) bond motifs is 2. The van der Waals surface area contributed by atoms with E-state index in [1.165, 1.54) is 30.6 Å². The number of piperidine rings is 1. The Morgan fingerprint density at radius 1 is 1.14 bits per heavy atom. The maximum atomic E-state index is 13.2. The van der Waals surface area contributed by atoms with Gasteiger partial charge in [-0.05, 0) is 77.3 Å². The summed E-state index contributed by atoms with van der Waals surface area (Å²) in [7, 11) is 0. The van der Waals surface area contributed by atoms with Crippen molar-refractivity contribution in [1.82, 2.24) is 19.6 Å². The predicted molar refractivity (Wildman–Crippen MR) is 137 cm³/mol. The topological polar surface area (TPSA) is 75.9 Å². The molecule has 3 aliphatic rings. The van der Waals surface area contributed by atoms with Crippen LogP contribution in [0.3, 0.4) is 0 Å². The number of pyridine rings is 1. The van der Waals surface area contributed by atoms with Crippen molar-refractivity contribution in [2.75, 3.05) is 18.8 Å². The highest BCUT2D eigenvalue weighted by Gasteiger charge is 2.61. The van der Waals surface area contributed by atoms with Crippen molar-refractivity contribution in [3.05, 3.63) is 30.4 Å². The molecule has 2 amide bonds. The fourth-order valence-electron chi connectivity index (χ4n) is 5.80. The highest BCUT2D eigenvalue weighted by Crippen LogP contribution is 2.52. The number of likely N-dealkylation sites (tertiary alicyclic amines) is 1. The van der Waals surface area contributed by atoms with Gasteiger partial charge in [0.2, 0.25) is 5.91 Å². The number of aromatic nitrogens is 2. The third kappa shape index (κ3) is 5.04. The third-order valence-electron chi connectivity index (χ3n) is 7.62. The molecule has 1 N–H and O–H groups in total. The van der Waals surface area contributed by atoms with Crippen LogP contribution < -0.4 is 5.32 Å². The Morgan fingerprint density at radius 2 is 1.83 bits per heavy atom. The maximum absolute atomic E-state index is 13.2. The molecule has 2 saturated carbocycles. The fourth-order valence-corrected chi connectivity index (χ4v) is 7.03. The first-order valence-corrected chi connectivity index (χ1v) is 13.9. The zero-order chi connectivity index (χ0) is 25.0. The van der Waals surface area contributed by atoms with Crippen molar-refractivity contribution in [1.29, 1.82) is 0 Å². The van der Waals surface area contributed by atoms with Gasteiger partial charge < -0.3 is 19.4 Å². The number of rotatable bonds is 6. The van der Waals surface area contributed by atoms with Crippen LogP contribution in [0.15, 0.2) is 29.4 Å². The molecule has 190 valence electrons. The number of ether oxygens (including phenoxy) is 1. The standard InChI is InChI=1S/C27H38N4O3S/c1-26(2,3)34-25(33)30-14-18-19(15-30)22(18)23(32)29-27(4,5)24-28-13-20-21(11-8-12-31(20)24)35-16-17-9-6-7-10-17/h8,11-13,17-19,22H,6-7,9-10,14-16H2,1-5H3,(H,29,32)/t18-,19+,22+. The summed E-state index contributed by atoms with van der Waals surface area (Å²) in [6.45, 7) is 10.8. The number of hydrogen-bond acceptors (Lipinski definition) is 5. The van der Waals surface area contributed by atoms with E-state index in [0.717, 1.165) is 23.0 Å². The monoisotopic (exact) mass is 498 g/mol. The Kier molecular flexibility index (Phi) is 6.31. The molecule has 3 fully saturated rings. The molecule has 5 rings (SSSR count). The molecule has 3 heterocycles. The summed E-state index contributed by atoms with van der Waals surface area (Å²) in [5, 5.41) is 3.26. The van der Waals surface area contributed by atoms with Crippen molar-refractivity contribution in [3.8, 4) is 0 Å². The van der Waals surface area contributed by atoms with Gasteiger partial charge in [0.1, 0.15) is 11.4 Å². The smallest absolute Gasteiger partial charge is 0.410 e. The second-order valence-electron chi connectivity index (χ2n) is 12.0. The number of thioether (sulfide) groups is 1. The van der Waals surface area contributed by atoms with Gasteiger partial charge in [-0.25, -0.2) is 9.78 Å². The Balaban J connectivity index is 1.21. The van der Waals surface area contributed by atoms with Gasteiger partial charge in [0.15, 0.2) is 0 Å². The highest BCUT2D eigenvalue weighted by atomic mass is 32.2. The molecule has 35 heavy (non-hydrogen) atoms. The van der Waals surface area contributed by atoms with Crippen molar-refractivity contribution >= 4 is 29.3 Å². The average molecular weight is 499 g/mol. The maximum Gasteiger partial charge on any atom is 0.410 e. The summed E-state index contributed by atoms with van der Waals surface area (Å²) in [4.78, 5) is 33.3. The molecular formula is C27H38N4O3S. The van der Waals surface area contributed by atoms with E-state index in [-0.39, 0.29) is 29.8 Å². The van der Waals surface area contributed by atoms with E-state index >= 15 is 0 Å². The lowest BCUT2D eigenvalue weighted by molar-refractivity contribution is -0.125. The van der Waals surface area contributed by atoms with E-state index in [0.29, 0.717) is 13.1 Å². The van der Waals surface area contributed by atoms with Gasteiger partial charge >= 0.3 is 6.09 Å². The number of imidazole rings is 1. The molecule has 2 aromatic rings. The van der Waals surface area contributed by atoms with E-state index in [9.17, 15) is 9.59 Å². The molecule has 0 unspecified atom stereocenters. The normalized spacial score (nSPS) is 24.6. The quantitative estimate of drug-likeness (QED) is 0.562. The van der Waals surface area contributed by atoms with Crippen LogP contribution in [0.5, 0.6) is 0 Å². The molecule has 0 radical (unpaired) electrons. The number of nitrogens with zero attached hydrogens (tertiary/aromatic N) is 3. The van der Waals surface area contributed by atoms with Gasteiger partial charge in [0.05, 0.1) is 17.3 Å². The van der Waals surface area contributed by atoms with Gasteiger partial charge in [0.25, 0.3) is 0 Å². The van der Waals surface area contributed by atoms with Crippen molar-refractivity contribution in [2.45, 2.75) is 76.3 Å². The van der Waals surface area contributed by atoms with E-state index in [1.54, 1.807) is 4.90 Å². The SMILES string of the molecule is CC(C)(C)OC(=O)N1C[C@@H]2[C@H](C1)[C@H]2C(=O)NC(C)(C)c1ncc2c(SCC3CCCC3)cccn12. The van der Waals surface area contributed by atoms with Crippen LogP contribution in [0.25, 0.3) is 5.52 Å². The second-order valence-corrected chi connectivity index (χ2v) is 13.1. The first kappa shape index (κ1) is 24.5. The zero-order valence-corrected chi connectivity index (χ0v) is 22.4. The van der Waals surface area contributed by atoms with E-state index in [4.69, 9.17) is 9.72 Å². The minimum Gasteiger partial charge on any atom is -0.444 e. The largest absolute Gasteiger partial charge is 0.444 e. The van der Waals surface area contributed by atoms with Gasteiger partial charge in [-0.15, -0.1) is 11.8 Å². The second kappa shape index (κ2) is 9.02. The molecule has 0 aromatic carbocycles. The molecule has 7 nitrogen and oxygen atoms in total. The lowest BCUT2D eigenvalue weighted by atomic mass is 10.0. The van der Waals surface area contributed by atoms with E-state index < -0.39 is 11.1 Å². The molecule has 0 bridgehead atoms. The molecule has 1 aliphatic heterocycles. The molecule has 8 heteroatoms. The van der Waals surface area contributed by atoms with Crippen molar-refractivity contribution < 1.29 is 14.3 Å². The van der Waals surface area contributed by atoms with Crippen LogP contribution in [-0.2, 0) is 15.1 Å². The fraction of sp³-hybridized carbons (Fsp3) is 0.667. The number of carbonyl (C=O) groups excluding carboxylic acids is 2. The lowest BCUT2D eigenvalue weighted by Gasteiger charge is -2.27. The lowest BCUT2D eigenvalue weighted by Crippen LogP contribution is -2.45. The summed E-state index contributed by atoms with van der Waals surface area (Å²) < 4.78 is 7.61. The first-order valence-electron chi connectivity index (χ1n) is 12.9. The first-order chi connectivity index (χ1) is 16.5. The van der Waals surface area contributed by atoms with Gasteiger partial charge in [-0.1, -0.05) is 12.8 Å². The van der Waals surface area contributed by atoms with Crippen LogP contribution in [0.4, 0.5) is 4.79 Å². The van der Waals surface area contributed by atoms with Crippen LogP contribution in [-0.4, -0.2) is 50.7 Å². The summed E-state index contributed by atoms with van der Waals surface area (Å²) in [5.74, 6) is 3.26. The molecular weight excluding hydrogens is 460 g/mol. The summed E-state index contributed by atoms with van der Waals surface area (Å²) >= 11 is 1.93. The van der Waals surface area contributed by atoms with Crippen LogP contribution >= 0.6 is 11.8 Å². The van der Waals surface area contributed by atoms with Gasteiger partial charge in [-0.2, -0.15) is 0 Å². The summed E-state index contributed by atoms with van der Waals surface area (Å²) in [6, 6.07) is 4.25. The van der Waals surface area contributed by atoms with E-state index in [2.05, 4.69) is 21.9 Å². The Morgan fingerprint density at radius 3 is 2.49 bits per heavy atom. The molecule has 2 aromatic heterocycles. The number of nitrogens with one attached hydrogen (secondary N) is 1. The van der Waals surface area contributed by atoms with Crippen molar-refractivity contribution in [3.63, 3.8) is 0 Å². The predicted octanol–water partition coefficient (Wildman–Crippen LogP) is 5.08. The average Bonchev–Trinajstić information content (AvgIpc) is 3.26. The van der Waals surface area contributed by atoms with E-state index in [1.807, 2.05) is 58.8 Å². The zero-order valence-electron chi connectivity index (χ0n) is 21.5. The highest BCUT2D eigenvalue weighted by molar-refractivity contribution is 7.99. The number of hydrogen-bond donors (Lipinski definition) is 1. The molecule has 3 atom stereocenters. The Labute approximate surface area is 212 Å². The minimum absolute atomic E-state index is 0.0447. The molecule has 2 aliphatic carbocycles. The molecule has 0 spiro atoms. The molecule has 1 saturated heterocycles. The number of carbonyl (C=O) groups is 2. The minimum atomic E-state index is -0.611. The number of amides is 2. The Hall–Kier alpha value is -2.22. The summed E-state index contributed by atoms with van der Waals surface area (Å²) in [5.41, 5.74) is -0.0175. The van der Waals surface area contributed by atoms with Crippen LogP contribution in [0.1, 0.15) is 66.1 Å². The third-order valence-corrected chi connectivity index (χ3v) is 8.92.